The zero-order chi connectivity index (χ0) is 16.4. The van der Waals surface area contributed by atoms with Crippen molar-refractivity contribution in [1.82, 2.24) is 0 Å². The van der Waals surface area contributed by atoms with E-state index in [-0.39, 0.29) is 5.78 Å². The standard InChI is InChI=1S/C16H12ClNO2.C2H6/c17-14-8-4-12(5-9-14)2-1-3-16(19)13-6-10-15(18-20)11-7-13;1-2/h1-2,4-11H,3H2;1-2H3/b2-1+;. The minimum atomic E-state index is -0.00679. The second-order valence-corrected chi connectivity index (χ2v) is 4.66. The van der Waals surface area contributed by atoms with Gasteiger partial charge in [-0.2, -0.15) is 0 Å². The molecule has 0 unspecified atom stereocenters. The molecule has 0 saturated carbocycles. The summed E-state index contributed by atoms with van der Waals surface area (Å²) < 4.78 is 0. The van der Waals surface area contributed by atoms with Gasteiger partial charge in [-0.25, -0.2) is 0 Å². The summed E-state index contributed by atoms with van der Waals surface area (Å²) in [4.78, 5) is 22.2. The third-order valence-electron chi connectivity index (χ3n) is 2.78. The molecule has 0 N–H and O–H groups in total. The van der Waals surface area contributed by atoms with Crippen LogP contribution in [0.1, 0.15) is 36.2 Å². The lowest BCUT2D eigenvalue weighted by atomic mass is 10.1. The van der Waals surface area contributed by atoms with Crippen molar-refractivity contribution >= 4 is 29.1 Å². The zero-order valence-corrected chi connectivity index (χ0v) is 13.4. The highest BCUT2D eigenvalue weighted by Gasteiger charge is 2.03. The fraction of sp³-hybridized carbons (Fsp3) is 0.167. The van der Waals surface area contributed by atoms with Crippen molar-refractivity contribution in [1.29, 1.82) is 0 Å². The summed E-state index contributed by atoms with van der Waals surface area (Å²) in [6, 6.07) is 13.6. The van der Waals surface area contributed by atoms with E-state index in [1.807, 2.05) is 32.1 Å². The van der Waals surface area contributed by atoms with E-state index in [1.54, 1.807) is 30.3 Å². The smallest absolute Gasteiger partial charge is 0.166 e. The highest BCUT2D eigenvalue weighted by Crippen LogP contribution is 2.14. The van der Waals surface area contributed by atoms with Gasteiger partial charge in [0, 0.05) is 17.0 Å². The van der Waals surface area contributed by atoms with E-state index in [0.717, 1.165) is 5.56 Å². The Bertz CT molecular complexity index is 631. The quantitative estimate of drug-likeness (QED) is 0.498. The molecule has 0 saturated heterocycles. The summed E-state index contributed by atoms with van der Waals surface area (Å²) in [5, 5.41) is 3.48. The SMILES string of the molecule is CC.O=Nc1ccc(C(=O)C/C=C/c2ccc(Cl)cc2)cc1. The van der Waals surface area contributed by atoms with E-state index in [4.69, 9.17) is 11.6 Å². The van der Waals surface area contributed by atoms with Gasteiger partial charge in [-0.1, -0.05) is 49.7 Å². The fourth-order valence-electron chi connectivity index (χ4n) is 1.70. The second kappa shape index (κ2) is 9.64. The van der Waals surface area contributed by atoms with Gasteiger partial charge in [-0.15, -0.1) is 4.91 Å². The molecule has 0 aromatic heterocycles. The molecule has 4 heteroatoms. The van der Waals surface area contributed by atoms with E-state index in [9.17, 15) is 9.70 Å². The Morgan fingerprint density at radius 3 is 2.18 bits per heavy atom. The van der Waals surface area contributed by atoms with Crippen LogP contribution in [0.4, 0.5) is 5.69 Å². The first kappa shape index (κ1) is 17.8. The molecule has 0 fully saturated rings. The lowest BCUT2D eigenvalue weighted by Gasteiger charge is -1.98. The Morgan fingerprint density at radius 2 is 1.64 bits per heavy atom. The minimum Gasteiger partial charge on any atom is -0.294 e. The number of ketones is 1. The van der Waals surface area contributed by atoms with E-state index < -0.39 is 0 Å². The van der Waals surface area contributed by atoms with Crippen LogP contribution in [-0.2, 0) is 0 Å². The first-order valence-corrected chi connectivity index (χ1v) is 7.45. The van der Waals surface area contributed by atoms with Crippen LogP contribution in [0.15, 0.2) is 59.8 Å². The third-order valence-corrected chi connectivity index (χ3v) is 3.03. The van der Waals surface area contributed by atoms with Gasteiger partial charge in [0.15, 0.2) is 5.78 Å². The Balaban J connectivity index is 0.00000116. The van der Waals surface area contributed by atoms with Crippen LogP contribution < -0.4 is 0 Å². The molecule has 0 aliphatic carbocycles. The number of carbonyl (C=O) groups is 1. The summed E-state index contributed by atoms with van der Waals surface area (Å²) in [5.41, 5.74) is 1.87. The molecule has 0 aliphatic rings. The van der Waals surface area contributed by atoms with Gasteiger partial charge in [-0.05, 0) is 47.1 Å². The van der Waals surface area contributed by atoms with Gasteiger partial charge in [0.1, 0.15) is 5.69 Å². The first-order valence-electron chi connectivity index (χ1n) is 7.08. The number of nitrogens with zero attached hydrogens (tertiary/aromatic N) is 1. The number of carbonyl (C=O) groups excluding carboxylic acids is 1. The van der Waals surface area contributed by atoms with Gasteiger partial charge in [0.05, 0.1) is 0 Å². The molecular weight excluding hydrogens is 298 g/mol. The molecule has 2 aromatic rings. The van der Waals surface area contributed by atoms with E-state index >= 15 is 0 Å². The molecule has 114 valence electrons. The van der Waals surface area contributed by atoms with E-state index in [1.165, 1.54) is 12.1 Å². The average Bonchev–Trinajstić information content (AvgIpc) is 2.58. The van der Waals surface area contributed by atoms with Crippen LogP contribution in [0.5, 0.6) is 0 Å². The Labute approximate surface area is 135 Å². The van der Waals surface area contributed by atoms with Crippen molar-refractivity contribution in [3.8, 4) is 0 Å². The molecule has 0 heterocycles. The lowest BCUT2D eigenvalue weighted by Crippen LogP contribution is -1.95. The summed E-state index contributed by atoms with van der Waals surface area (Å²) in [7, 11) is 0. The van der Waals surface area contributed by atoms with Crippen LogP contribution in [0.25, 0.3) is 6.08 Å². The number of halogens is 1. The van der Waals surface area contributed by atoms with Crippen LogP contribution >= 0.6 is 11.6 Å². The third kappa shape index (κ3) is 5.62. The maximum atomic E-state index is 11.9. The fourth-order valence-corrected chi connectivity index (χ4v) is 1.83. The highest BCUT2D eigenvalue weighted by molar-refractivity contribution is 6.30. The summed E-state index contributed by atoms with van der Waals surface area (Å²) >= 11 is 5.79. The summed E-state index contributed by atoms with van der Waals surface area (Å²) in [6.45, 7) is 4.00. The van der Waals surface area contributed by atoms with Gasteiger partial charge < -0.3 is 0 Å². The second-order valence-electron chi connectivity index (χ2n) is 4.22. The van der Waals surface area contributed by atoms with Crippen molar-refractivity contribution in [2.75, 3.05) is 0 Å². The summed E-state index contributed by atoms with van der Waals surface area (Å²) in [6.07, 6.45) is 3.98. The maximum Gasteiger partial charge on any atom is 0.166 e. The average molecular weight is 316 g/mol. The van der Waals surface area contributed by atoms with E-state index in [0.29, 0.717) is 22.7 Å². The molecule has 22 heavy (non-hydrogen) atoms. The number of hydrogen-bond acceptors (Lipinski definition) is 3. The van der Waals surface area contributed by atoms with Crippen LogP contribution in [0, 0.1) is 4.91 Å². The monoisotopic (exact) mass is 315 g/mol. The molecule has 0 spiro atoms. The number of Topliss-reactive ketones (excluding diaryl/α,β-unsaturated/α-hetero) is 1. The molecule has 0 bridgehead atoms. The number of allylic oxidation sites excluding steroid dienone is 1. The molecule has 2 aromatic carbocycles. The Kier molecular flexibility index (Phi) is 7.79. The van der Waals surface area contributed by atoms with Crippen LogP contribution in [0.2, 0.25) is 5.02 Å². The summed E-state index contributed by atoms with van der Waals surface area (Å²) in [5.74, 6) is -0.00679. The molecule has 0 atom stereocenters. The van der Waals surface area contributed by atoms with Crippen molar-refractivity contribution in [3.63, 3.8) is 0 Å². The number of benzene rings is 2. The van der Waals surface area contributed by atoms with Crippen LogP contribution in [-0.4, -0.2) is 5.78 Å². The van der Waals surface area contributed by atoms with Gasteiger partial charge in [0.25, 0.3) is 0 Å². The molecule has 2 rings (SSSR count). The minimum absolute atomic E-state index is 0.00679. The maximum absolute atomic E-state index is 11.9. The van der Waals surface area contributed by atoms with Gasteiger partial charge in [0.2, 0.25) is 0 Å². The Morgan fingerprint density at radius 1 is 1.05 bits per heavy atom. The molecule has 3 nitrogen and oxygen atoms in total. The van der Waals surface area contributed by atoms with Crippen molar-refractivity contribution < 1.29 is 4.79 Å². The van der Waals surface area contributed by atoms with Crippen molar-refractivity contribution in [2.45, 2.75) is 20.3 Å². The largest absolute Gasteiger partial charge is 0.294 e. The van der Waals surface area contributed by atoms with Crippen LogP contribution in [0.3, 0.4) is 0 Å². The normalized spacial score (nSPS) is 9.95. The number of rotatable bonds is 5. The predicted molar refractivity (Wildman–Crippen MR) is 92.7 cm³/mol. The number of nitroso groups, excluding NO2 is 1. The zero-order valence-electron chi connectivity index (χ0n) is 12.6. The predicted octanol–water partition coefficient (Wildman–Crippen LogP) is 6.05. The number of hydrogen-bond donors (Lipinski definition) is 0. The molecule has 0 radical (unpaired) electrons. The topological polar surface area (TPSA) is 46.5 Å². The first-order chi connectivity index (χ1) is 10.7. The van der Waals surface area contributed by atoms with Gasteiger partial charge in [-0.3, -0.25) is 4.79 Å². The lowest BCUT2D eigenvalue weighted by molar-refractivity contribution is 0.0996. The molecular formula is C18H18ClNO2. The van der Waals surface area contributed by atoms with Crippen molar-refractivity contribution in [3.05, 3.63) is 75.7 Å². The highest BCUT2D eigenvalue weighted by atomic mass is 35.5. The van der Waals surface area contributed by atoms with Crippen molar-refractivity contribution in [2.24, 2.45) is 5.18 Å². The molecule has 0 aliphatic heterocycles. The van der Waals surface area contributed by atoms with E-state index in [2.05, 4.69) is 5.18 Å². The molecule has 0 amide bonds. The Hall–Kier alpha value is -2.26. The van der Waals surface area contributed by atoms with Gasteiger partial charge >= 0.3 is 0 Å².